The van der Waals surface area contributed by atoms with Crippen LogP contribution in [0.5, 0.6) is 11.5 Å². The zero-order valence-electron chi connectivity index (χ0n) is 14.3. The van der Waals surface area contributed by atoms with Crippen LogP contribution in [0, 0.1) is 5.82 Å². The van der Waals surface area contributed by atoms with Crippen molar-refractivity contribution < 1.29 is 23.1 Å². The summed E-state index contributed by atoms with van der Waals surface area (Å²) in [6, 6.07) is 15.5. The average Bonchev–Trinajstić information content (AvgIpc) is 3.20. The molecule has 0 saturated heterocycles. The molecule has 0 aliphatic rings. The number of rotatable bonds is 7. The van der Waals surface area contributed by atoms with Crippen LogP contribution in [0.4, 0.5) is 4.39 Å². The van der Waals surface area contributed by atoms with Gasteiger partial charge in [0.1, 0.15) is 23.1 Å². The Kier molecular flexibility index (Phi) is 5.84. The third-order valence-electron chi connectivity index (χ3n) is 3.62. The van der Waals surface area contributed by atoms with Crippen molar-refractivity contribution in [2.24, 2.45) is 0 Å². The van der Waals surface area contributed by atoms with Crippen molar-refractivity contribution in [2.75, 3.05) is 6.54 Å². The number of carbonyl (C=O) groups excluding carboxylic acids is 2. The Balaban J connectivity index is 1.46. The van der Waals surface area contributed by atoms with Gasteiger partial charge in [0.2, 0.25) is 5.91 Å². The van der Waals surface area contributed by atoms with Crippen LogP contribution in [0.25, 0.3) is 0 Å². The number of benzene rings is 2. The fourth-order valence-corrected chi connectivity index (χ4v) is 2.24. The van der Waals surface area contributed by atoms with E-state index < -0.39 is 0 Å². The maximum Gasteiger partial charge on any atom is 0.251 e. The topological polar surface area (TPSA) is 80.6 Å². The Morgan fingerprint density at radius 3 is 2.22 bits per heavy atom. The van der Waals surface area contributed by atoms with E-state index in [1.165, 1.54) is 30.5 Å². The van der Waals surface area contributed by atoms with Gasteiger partial charge < -0.3 is 19.8 Å². The molecular weight excluding hydrogens is 351 g/mol. The standard InChI is InChI=1S/C20H17FN2O4/c21-15-5-9-17(10-6-15)27-16-7-3-14(4-8-16)20(25)23-13-19(24)22-12-18-2-1-11-26-18/h1-11H,12-13H2,(H,22,24)(H,23,25). The van der Waals surface area contributed by atoms with Gasteiger partial charge in [-0.05, 0) is 60.7 Å². The third-order valence-corrected chi connectivity index (χ3v) is 3.62. The molecule has 0 bridgehead atoms. The van der Waals surface area contributed by atoms with E-state index in [4.69, 9.17) is 9.15 Å². The molecule has 0 unspecified atom stereocenters. The van der Waals surface area contributed by atoms with Crippen LogP contribution in [-0.4, -0.2) is 18.4 Å². The molecule has 2 aromatic carbocycles. The number of carbonyl (C=O) groups is 2. The Bertz CT molecular complexity index is 891. The summed E-state index contributed by atoms with van der Waals surface area (Å²) >= 11 is 0. The molecule has 138 valence electrons. The van der Waals surface area contributed by atoms with Crippen LogP contribution in [0.15, 0.2) is 71.3 Å². The van der Waals surface area contributed by atoms with Crippen LogP contribution in [0.2, 0.25) is 0 Å². The van der Waals surface area contributed by atoms with Crippen molar-refractivity contribution in [2.45, 2.75) is 6.54 Å². The first-order chi connectivity index (χ1) is 13.1. The van der Waals surface area contributed by atoms with Crippen LogP contribution < -0.4 is 15.4 Å². The van der Waals surface area contributed by atoms with Crippen molar-refractivity contribution in [3.05, 3.63) is 84.1 Å². The third kappa shape index (κ3) is 5.43. The lowest BCUT2D eigenvalue weighted by Gasteiger charge is -2.08. The van der Waals surface area contributed by atoms with Crippen LogP contribution in [0.3, 0.4) is 0 Å². The Hall–Kier alpha value is -3.61. The summed E-state index contributed by atoms with van der Waals surface area (Å²) in [5.41, 5.74) is 0.389. The minimum absolute atomic E-state index is 0.145. The van der Waals surface area contributed by atoms with Crippen molar-refractivity contribution in [1.82, 2.24) is 10.6 Å². The highest BCUT2D eigenvalue weighted by atomic mass is 19.1. The van der Waals surface area contributed by atoms with Gasteiger partial charge >= 0.3 is 0 Å². The van der Waals surface area contributed by atoms with Crippen molar-refractivity contribution >= 4 is 11.8 Å². The highest BCUT2D eigenvalue weighted by Crippen LogP contribution is 2.21. The molecule has 1 aromatic heterocycles. The van der Waals surface area contributed by atoms with Gasteiger partial charge in [0.25, 0.3) is 5.91 Å². The SMILES string of the molecule is O=C(CNC(=O)c1ccc(Oc2ccc(F)cc2)cc1)NCc1ccco1. The lowest BCUT2D eigenvalue weighted by molar-refractivity contribution is -0.120. The normalized spacial score (nSPS) is 10.3. The van der Waals surface area contributed by atoms with Gasteiger partial charge in [-0.3, -0.25) is 9.59 Å². The Morgan fingerprint density at radius 2 is 1.59 bits per heavy atom. The lowest BCUT2D eigenvalue weighted by Crippen LogP contribution is -2.36. The van der Waals surface area contributed by atoms with E-state index in [1.54, 1.807) is 36.4 Å². The second-order valence-corrected chi connectivity index (χ2v) is 5.62. The summed E-state index contributed by atoms with van der Waals surface area (Å²) in [6.07, 6.45) is 1.52. The molecule has 3 aromatic rings. The van der Waals surface area contributed by atoms with Crippen LogP contribution in [0.1, 0.15) is 16.1 Å². The van der Waals surface area contributed by atoms with Crippen molar-refractivity contribution in [3.8, 4) is 11.5 Å². The average molecular weight is 368 g/mol. The first-order valence-corrected chi connectivity index (χ1v) is 8.21. The number of hydrogen-bond donors (Lipinski definition) is 2. The molecular formula is C20H17FN2O4. The largest absolute Gasteiger partial charge is 0.467 e. The van der Waals surface area contributed by atoms with E-state index in [2.05, 4.69) is 10.6 Å². The number of nitrogens with one attached hydrogen (secondary N) is 2. The van der Waals surface area contributed by atoms with Gasteiger partial charge in [-0.2, -0.15) is 0 Å². The summed E-state index contributed by atoms with van der Waals surface area (Å²) < 4.78 is 23.6. The van der Waals surface area contributed by atoms with E-state index in [9.17, 15) is 14.0 Å². The summed E-state index contributed by atoms with van der Waals surface area (Å²) in [7, 11) is 0. The number of hydrogen-bond acceptors (Lipinski definition) is 4. The molecule has 0 fully saturated rings. The minimum Gasteiger partial charge on any atom is -0.467 e. The second kappa shape index (κ2) is 8.66. The predicted octanol–water partition coefficient (Wildman–Crippen LogP) is 3.26. The first kappa shape index (κ1) is 18.2. The first-order valence-electron chi connectivity index (χ1n) is 8.21. The monoisotopic (exact) mass is 368 g/mol. The number of furan rings is 1. The Labute approximate surface area is 155 Å². The van der Waals surface area contributed by atoms with Crippen LogP contribution in [-0.2, 0) is 11.3 Å². The molecule has 6 nitrogen and oxygen atoms in total. The number of amides is 2. The van der Waals surface area contributed by atoms with Crippen molar-refractivity contribution in [1.29, 1.82) is 0 Å². The maximum atomic E-state index is 12.9. The van der Waals surface area contributed by atoms with Crippen LogP contribution >= 0.6 is 0 Å². The molecule has 0 atom stereocenters. The lowest BCUT2D eigenvalue weighted by atomic mass is 10.2. The molecule has 0 aliphatic heterocycles. The van der Waals surface area contributed by atoms with E-state index in [0.717, 1.165) is 0 Å². The molecule has 2 amide bonds. The molecule has 7 heteroatoms. The summed E-state index contributed by atoms with van der Waals surface area (Å²) in [5.74, 6) is 0.581. The molecule has 0 radical (unpaired) electrons. The smallest absolute Gasteiger partial charge is 0.251 e. The fourth-order valence-electron chi connectivity index (χ4n) is 2.24. The van der Waals surface area contributed by atoms with Gasteiger partial charge in [-0.25, -0.2) is 4.39 Å². The Morgan fingerprint density at radius 1 is 0.926 bits per heavy atom. The van der Waals surface area contributed by atoms with E-state index in [0.29, 0.717) is 22.8 Å². The molecule has 0 aliphatic carbocycles. The zero-order chi connectivity index (χ0) is 19.1. The highest BCUT2D eigenvalue weighted by Gasteiger charge is 2.09. The van der Waals surface area contributed by atoms with Gasteiger partial charge in [0.05, 0.1) is 19.4 Å². The van der Waals surface area contributed by atoms with Gasteiger partial charge in [0.15, 0.2) is 0 Å². The summed E-state index contributed by atoms with van der Waals surface area (Å²) in [5, 5.41) is 5.18. The molecule has 3 rings (SSSR count). The summed E-state index contributed by atoms with van der Waals surface area (Å²) in [4.78, 5) is 23.8. The molecule has 2 N–H and O–H groups in total. The predicted molar refractivity (Wildman–Crippen MR) is 95.8 cm³/mol. The molecule has 0 spiro atoms. The highest BCUT2D eigenvalue weighted by molar-refractivity contribution is 5.96. The minimum atomic E-state index is -0.378. The van der Waals surface area contributed by atoms with Gasteiger partial charge in [-0.15, -0.1) is 0 Å². The van der Waals surface area contributed by atoms with E-state index in [1.807, 2.05) is 0 Å². The van der Waals surface area contributed by atoms with Gasteiger partial charge in [0, 0.05) is 5.56 Å². The van der Waals surface area contributed by atoms with E-state index in [-0.39, 0.29) is 30.7 Å². The molecule has 1 heterocycles. The van der Waals surface area contributed by atoms with Gasteiger partial charge in [-0.1, -0.05) is 0 Å². The fraction of sp³-hybridized carbons (Fsp3) is 0.100. The number of halogens is 1. The maximum absolute atomic E-state index is 12.9. The number of ether oxygens (including phenoxy) is 1. The van der Waals surface area contributed by atoms with Crippen molar-refractivity contribution in [3.63, 3.8) is 0 Å². The zero-order valence-corrected chi connectivity index (χ0v) is 14.3. The molecule has 27 heavy (non-hydrogen) atoms. The summed E-state index contributed by atoms with van der Waals surface area (Å²) in [6.45, 7) is 0.116. The molecule has 0 saturated carbocycles. The quantitative estimate of drug-likeness (QED) is 0.671. The second-order valence-electron chi connectivity index (χ2n) is 5.62. The van der Waals surface area contributed by atoms with E-state index >= 15 is 0 Å².